The molecule has 0 aromatic heterocycles. The SMILES string of the molecule is Cc1ccccc1[C@@H]1CCN(C(=O)CCNC(=O)C(C)(C)C)C1. The van der Waals surface area contributed by atoms with E-state index in [9.17, 15) is 9.59 Å². The van der Waals surface area contributed by atoms with Crippen molar-refractivity contribution in [3.8, 4) is 0 Å². The van der Waals surface area contributed by atoms with Crippen LogP contribution in [-0.4, -0.2) is 36.3 Å². The third kappa shape index (κ3) is 4.57. The maximum Gasteiger partial charge on any atom is 0.225 e. The maximum atomic E-state index is 12.3. The van der Waals surface area contributed by atoms with Crippen molar-refractivity contribution in [3.63, 3.8) is 0 Å². The summed E-state index contributed by atoms with van der Waals surface area (Å²) in [5.74, 6) is 0.559. The predicted molar refractivity (Wildman–Crippen MR) is 92.2 cm³/mol. The Morgan fingerprint density at radius 2 is 1.96 bits per heavy atom. The molecule has 0 spiro atoms. The smallest absolute Gasteiger partial charge is 0.225 e. The fourth-order valence-electron chi connectivity index (χ4n) is 2.99. The second kappa shape index (κ2) is 7.16. The summed E-state index contributed by atoms with van der Waals surface area (Å²) in [4.78, 5) is 26.0. The van der Waals surface area contributed by atoms with E-state index in [-0.39, 0.29) is 11.8 Å². The highest BCUT2D eigenvalue weighted by atomic mass is 16.2. The fourth-order valence-corrected chi connectivity index (χ4v) is 2.99. The van der Waals surface area contributed by atoms with Gasteiger partial charge in [-0.1, -0.05) is 45.0 Å². The van der Waals surface area contributed by atoms with Gasteiger partial charge in [0.15, 0.2) is 0 Å². The monoisotopic (exact) mass is 316 g/mol. The molecular weight excluding hydrogens is 288 g/mol. The van der Waals surface area contributed by atoms with Crippen LogP contribution in [0, 0.1) is 12.3 Å². The molecule has 0 saturated carbocycles. The number of nitrogens with zero attached hydrogens (tertiary/aromatic N) is 1. The zero-order chi connectivity index (χ0) is 17.0. The number of benzene rings is 1. The van der Waals surface area contributed by atoms with Gasteiger partial charge in [0.05, 0.1) is 0 Å². The predicted octanol–water partition coefficient (Wildman–Crippen LogP) is 2.86. The van der Waals surface area contributed by atoms with Crippen LogP contribution in [0.4, 0.5) is 0 Å². The number of amides is 2. The average Bonchev–Trinajstić information content (AvgIpc) is 2.96. The van der Waals surface area contributed by atoms with Gasteiger partial charge in [0.1, 0.15) is 0 Å². The van der Waals surface area contributed by atoms with Gasteiger partial charge in [-0.05, 0) is 24.5 Å². The number of carbonyl (C=O) groups is 2. The lowest BCUT2D eigenvalue weighted by molar-refractivity contribution is -0.131. The summed E-state index contributed by atoms with van der Waals surface area (Å²) >= 11 is 0. The molecule has 126 valence electrons. The van der Waals surface area contributed by atoms with Gasteiger partial charge in [-0.15, -0.1) is 0 Å². The summed E-state index contributed by atoms with van der Waals surface area (Å²) < 4.78 is 0. The zero-order valence-corrected chi connectivity index (χ0v) is 14.7. The number of nitrogens with one attached hydrogen (secondary N) is 1. The molecule has 0 aliphatic carbocycles. The Bertz CT molecular complexity index is 575. The van der Waals surface area contributed by atoms with Gasteiger partial charge in [0.2, 0.25) is 11.8 Å². The third-order valence-electron chi connectivity index (χ3n) is 4.47. The molecule has 4 heteroatoms. The van der Waals surface area contributed by atoms with Gasteiger partial charge in [0.25, 0.3) is 0 Å². The van der Waals surface area contributed by atoms with Gasteiger partial charge < -0.3 is 10.2 Å². The van der Waals surface area contributed by atoms with Crippen molar-refractivity contribution in [1.29, 1.82) is 0 Å². The minimum Gasteiger partial charge on any atom is -0.355 e. The Balaban J connectivity index is 1.81. The Labute approximate surface area is 139 Å². The summed E-state index contributed by atoms with van der Waals surface area (Å²) in [6, 6.07) is 8.41. The van der Waals surface area contributed by atoms with Crippen molar-refractivity contribution in [2.24, 2.45) is 5.41 Å². The molecule has 0 radical (unpaired) electrons. The molecule has 1 aromatic carbocycles. The topological polar surface area (TPSA) is 49.4 Å². The molecular formula is C19H28N2O2. The Kier molecular flexibility index (Phi) is 5.45. The van der Waals surface area contributed by atoms with Gasteiger partial charge >= 0.3 is 0 Å². The van der Waals surface area contributed by atoms with E-state index in [2.05, 4.69) is 36.5 Å². The van der Waals surface area contributed by atoms with Gasteiger partial charge in [-0.2, -0.15) is 0 Å². The van der Waals surface area contributed by atoms with E-state index in [1.165, 1.54) is 11.1 Å². The van der Waals surface area contributed by atoms with Crippen molar-refractivity contribution in [2.45, 2.75) is 46.5 Å². The van der Waals surface area contributed by atoms with Gasteiger partial charge in [-0.25, -0.2) is 0 Å². The average molecular weight is 316 g/mol. The first-order chi connectivity index (χ1) is 10.8. The first-order valence-corrected chi connectivity index (χ1v) is 8.40. The molecule has 0 bridgehead atoms. The van der Waals surface area contributed by atoms with E-state index in [4.69, 9.17) is 0 Å². The molecule has 2 rings (SSSR count). The van der Waals surface area contributed by atoms with Crippen molar-refractivity contribution in [2.75, 3.05) is 19.6 Å². The molecule has 23 heavy (non-hydrogen) atoms. The van der Waals surface area contributed by atoms with Crippen molar-refractivity contribution in [3.05, 3.63) is 35.4 Å². The lowest BCUT2D eigenvalue weighted by atomic mass is 9.94. The lowest BCUT2D eigenvalue weighted by Gasteiger charge is -2.20. The minimum absolute atomic E-state index is 0.00971. The number of carbonyl (C=O) groups excluding carboxylic acids is 2. The highest BCUT2D eigenvalue weighted by Crippen LogP contribution is 2.29. The molecule has 4 nitrogen and oxygen atoms in total. The number of likely N-dealkylation sites (tertiary alicyclic amines) is 1. The summed E-state index contributed by atoms with van der Waals surface area (Å²) in [6.07, 6.45) is 1.40. The second-order valence-electron chi connectivity index (χ2n) is 7.44. The number of hydrogen-bond donors (Lipinski definition) is 1. The van der Waals surface area contributed by atoms with Crippen molar-refractivity contribution < 1.29 is 9.59 Å². The van der Waals surface area contributed by atoms with E-state index < -0.39 is 5.41 Å². The van der Waals surface area contributed by atoms with E-state index in [1.54, 1.807) is 0 Å². The van der Waals surface area contributed by atoms with Crippen LogP contribution in [0.2, 0.25) is 0 Å². The number of hydrogen-bond acceptors (Lipinski definition) is 2. The van der Waals surface area contributed by atoms with Crippen molar-refractivity contribution in [1.82, 2.24) is 10.2 Å². The first-order valence-electron chi connectivity index (χ1n) is 8.40. The maximum absolute atomic E-state index is 12.3. The largest absolute Gasteiger partial charge is 0.355 e. The van der Waals surface area contributed by atoms with Crippen LogP contribution in [-0.2, 0) is 9.59 Å². The van der Waals surface area contributed by atoms with E-state index in [1.807, 2.05) is 25.7 Å². The summed E-state index contributed by atoms with van der Waals surface area (Å²) in [6.45, 7) is 9.76. The van der Waals surface area contributed by atoms with E-state index in [0.29, 0.717) is 18.9 Å². The van der Waals surface area contributed by atoms with Gasteiger partial charge in [0, 0.05) is 37.4 Å². The normalized spacial score (nSPS) is 18.1. The fraction of sp³-hybridized carbons (Fsp3) is 0.579. The summed E-state index contributed by atoms with van der Waals surface area (Å²) in [5.41, 5.74) is 2.24. The Morgan fingerprint density at radius 1 is 1.26 bits per heavy atom. The minimum atomic E-state index is -0.410. The van der Waals surface area contributed by atoms with Crippen LogP contribution in [0.3, 0.4) is 0 Å². The molecule has 1 aliphatic rings. The highest BCUT2D eigenvalue weighted by molar-refractivity contribution is 5.82. The van der Waals surface area contributed by atoms with Crippen LogP contribution >= 0.6 is 0 Å². The van der Waals surface area contributed by atoms with Crippen LogP contribution in [0.5, 0.6) is 0 Å². The molecule has 1 heterocycles. The first kappa shape index (κ1) is 17.5. The van der Waals surface area contributed by atoms with Crippen LogP contribution < -0.4 is 5.32 Å². The van der Waals surface area contributed by atoms with Crippen molar-refractivity contribution >= 4 is 11.8 Å². The highest BCUT2D eigenvalue weighted by Gasteiger charge is 2.28. The van der Waals surface area contributed by atoms with Crippen LogP contribution in [0.1, 0.15) is 50.7 Å². The molecule has 1 N–H and O–H groups in total. The van der Waals surface area contributed by atoms with E-state index in [0.717, 1.165) is 19.5 Å². The lowest BCUT2D eigenvalue weighted by Crippen LogP contribution is -2.38. The van der Waals surface area contributed by atoms with E-state index >= 15 is 0 Å². The molecule has 1 aliphatic heterocycles. The third-order valence-corrected chi connectivity index (χ3v) is 4.47. The second-order valence-corrected chi connectivity index (χ2v) is 7.44. The quantitative estimate of drug-likeness (QED) is 0.928. The standard InChI is InChI=1S/C19H28N2O2/c1-14-7-5-6-8-16(14)15-10-12-21(13-15)17(22)9-11-20-18(23)19(2,3)4/h5-8,15H,9-13H2,1-4H3,(H,20,23)/t15-/m1/s1. The zero-order valence-electron chi connectivity index (χ0n) is 14.7. The van der Waals surface area contributed by atoms with Crippen LogP contribution in [0.15, 0.2) is 24.3 Å². The summed E-state index contributed by atoms with van der Waals surface area (Å²) in [7, 11) is 0. The number of aryl methyl sites for hydroxylation is 1. The van der Waals surface area contributed by atoms with Gasteiger partial charge in [-0.3, -0.25) is 9.59 Å². The van der Waals surface area contributed by atoms with Crippen LogP contribution in [0.25, 0.3) is 0 Å². The molecule has 1 saturated heterocycles. The molecule has 1 atom stereocenters. The summed E-state index contributed by atoms with van der Waals surface area (Å²) in [5, 5.41) is 2.84. The molecule has 2 amide bonds. The number of rotatable bonds is 4. The Morgan fingerprint density at radius 3 is 2.61 bits per heavy atom. The Hall–Kier alpha value is -1.84. The molecule has 1 fully saturated rings. The molecule has 1 aromatic rings. The molecule has 0 unspecified atom stereocenters.